The van der Waals surface area contributed by atoms with Crippen LogP contribution in [0.2, 0.25) is 0 Å². The molecule has 3 amide bonds. The highest BCUT2D eigenvalue weighted by atomic mass is 19.1. The van der Waals surface area contributed by atoms with E-state index in [0.29, 0.717) is 24.7 Å². The van der Waals surface area contributed by atoms with E-state index in [2.05, 4.69) is 5.32 Å². The molecule has 0 saturated heterocycles. The lowest BCUT2D eigenvalue weighted by Gasteiger charge is -2.13. The maximum atomic E-state index is 13.5. The van der Waals surface area contributed by atoms with E-state index in [1.54, 1.807) is 13.0 Å². The third kappa shape index (κ3) is 6.77. The molecule has 2 N–H and O–H groups in total. The molecule has 0 fully saturated rings. The zero-order chi connectivity index (χ0) is 21.9. The van der Waals surface area contributed by atoms with Crippen LogP contribution in [-0.2, 0) is 9.53 Å². The van der Waals surface area contributed by atoms with Gasteiger partial charge in [-0.3, -0.25) is 10.1 Å². The van der Waals surface area contributed by atoms with Gasteiger partial charge in [-0.15, -0.1) is 0 Å². The van der Waals surface area contributed by atoms with Crippen molar-refractivity contribution in [3.8, 4) is 11.5 Å². The molecular weight excluding hydrogens is 395 g/mol. The number of carbonyl (C=O) groups excluding carboxylic acids is 3. The lowest BCUT2D eigenvalue weighted by Crippen LogP contribution is -2.37. The molecule has 0 aromatic heterocycles. The number of carbonyl (C=O) groups is 3. The molecule has 0 atom stereocenters. The predicted molar refractivity (Wildman–Crippen MR) is 107 cm³/mol. The van der Waals surface area contributed by atoms with Gasteiger partial charge in [0.2, 0.25) is 0 Å². The van der Waals surface area contributed by atoms with Crippen molar-refractivity contribution in [3.63, 3.8) is 0 Å². The van der Waals surface area contributed by atoms with Gasteiger partial charge in [0.1, 0.15) is 5.82 Å². The minimum absolute atomic E-state index is 0.0892. The summed E-state index contributed by atoms with van der Waals surface area (Å²) in [5.41, 5.74) is 0.0690. The Hall–Kier alpha value is -3.62. The van der Waals surface area contributed by atoms with Gasteiger partial charge in [0, 0.05) is 0 Å². The van der Waals surface area contributed by atoms with Crippen molar-refractivity contribution in [3.05, 3.63) is 53.8 Å². The topological polar surface area (TPSA) is 103 Å². The molecular formula is C21H23FN2O6. The van der Waals surface area contributed by atoms with E-state index in [1.165, 1.54) is 30.3 Å². The van der Waals surface area contributed by atoms with Crippen molar-refractivity contribution in [1.29, 1.82) is 0 Å². The molecule has 30 heavy (non-hydrogen) atoms. The number of benzene rings is 2. The number of hydrogen-bond acceptors (Lipinski definition) is 6. The van der Waals surface area contributed by atoms with E-state index in [1.807, 2.05) is 12.2 Å². The second-order valence-electron chi connectivity index (χ2n) is 6.00. The molecule has 9 heteroatoms. The fraction of sp³-hybridized carbons (Fsp3) is 0.286. The Morgan fingerprint density at radius 3 is 2.47 bits per heavy atom. The Labute approximate surface area is 173 Å². The fourth-order valence-corrected chi connectivity index (χ4v) is 2.33. The first kappa shape index (κ1) is 22.7. The first-order chi connectivity index (χ1) is 14.4. The maximum Gasteiger partial charge on any atom is 0.338 e. The van der Waals surface area contributed by atoms with E-state index in [0.717, 1.165) is 12.5 Å². The lowest BCUT2D eigenvalue weighted by molar-refractivity contribution is -0.123. The molecule has 0 aliphatic rings. The summed E-state index contributed by atoms with van der Waals surface area (Å²) in [6.45, 7) is 3.94. The summed E-state index contributed by atoms with van der Waals surface area (Å²) < 4.78 is 29.4. The highest BCUT2D eigenvalue weighted by molar-refractivity contribution is 6.02. The summed E-state index contributed by atoms with van der Waals surface area (Å²) in [6.07, 6.45) is 0.814. The second-order valence-corrected chi connectivity index (χ2v) is 6.00. The van der Waals surface area contributed by atoms with Crippen LogP contribution in [0.15, 0.2) is 42.5 Å². The van der Waals surface area contributed by atoms with Crippen molar-refractivity contribution < 1.29 is 33.0 Å². The number of ether oxygens (including phenoxy) is 3. The van der Waals surface area contributed by atoms with Gasteiger partial charge in [-0.05, 0) is 43.7 Å². The minimum atomic E-state index is -0.947. The average Bonchev–Trinajstić information content (AvgIpc) is 2.73. The highest BCUT2D eigenvalue weighted by Crippen LogP contribution is 2.29. The fourth-order valence-electron chi connectivity index (χ4n) is 2.33. The number of hydrogen-bond donors (Lipinski definition) is 2. The van der Waals surface area contributed by atoms with Crippen LogP contribution in [0, 0.1) is 5.82 Å². The van der Waals surface area contributed by atoms with Gasteiger partial charge in [-0.1, -0.05) is 19.1 Å². The first-order valence-corrected chi connectivity index (χ1v) is 9.36. The monoisotopic (exact) mass is 418 g/mol. The standard InChI is InChI=1S/C21H23FN2O6/c1-3-11-29-17-10-9-14(12-18(17)28-4-2)20(26)30-13-19(25)24-21(27)23-16-8-6-5-7-15(16)22/h5-10,12H,3-4,11,13H2,1-2H3,(H2,23,24,25,27). The Balaban J connectivity index is 1.89. The summed E-state index contributed by atoms with van der Waals surface area (Å²) in [5, 5.41) is 4.14. The van der Waals surface area contributed by atoms with E-state index in [-0.39, 0.29) is 11.3 Å². The van der Waals surface area contributed by atoms with Crippen LogP contribution in [0.4, 0.5) is 14.9 Å². The molecule has 2 rings (SSSR count). The zero-order valence-corrected chi connectivity index (χ0v) is 16.7. The molecule has 0 bridgehead atoms. The van der Waals surface area contributed by atoms with Crippen LogP contribution in [0.25, 0.3) is 0 Å². The van der Waals surface area contributed by atoms with Crippen molar-refractivity contribution >= 4 is 23.6 Å². The van der Waals surface area contributed by atoms with Crippen LogP contribution in [0.5, 0.6) is 11.5 Å². The summed E-state index contributed by atoms with van der Waals surface area (Å²) in [4.78, 5) is 35.8. The number of imide groups is 1. The van der Waals surface area contributed by atoms with Crippen LogP contribution in [0.1, 0.15) is 30.6 Å². The minimum Gasteiger partial charge on any atom is -0.490 e. The van der Waals surface area contributed by atoms with Gasteiger partial charge in [0.25, 0.3) is 5.91 Å². The molecule has 0 radical (unpaired) electrons. The quantitative estimate of drug-likeness (QED) is 0.604. The number of rotatable bonds is 9. The molecule has 0 aliphatic carbocycles. The summed E-state index contributed by atoms with van der Waals surface area (Å²) in [7, 11) is 0. The molecule has 8 nitrogen and oxygen atoms in total. The summed E-state index contributed by atoms with van der Waals surface area (Å²) >= 11 is 0. The van der Waals surface area contributed by atoms with Crippen molar-refractivity contribution in [2.75, 3.05) is 25.1 Å². The van der Waals surface area contributed by atoms with E-state index in [9.17, 15) is 18.8 Å². The lowest BCUT2D eigenvalue weighted by atomic mass is 10.2. The van der Waals surface area contributed by atoms with Crippen molar-refractivity contribution in [1.82, 2.24) is 5.32 Å². The van der Waals surface area contributed by atoms with Crippen LogP contribution in [-0.4, -0.2) is 37.7 Å². The molecule has 0 heterocycles. The summed E-state index contributed by atoms with van der Waals surface area (Å²) in [5.74, 6) is -1.41. The number of halogens is 1. The number of amides is 3. The van der Waals surface area contributed by atoms with E-state index in [4.69, 9.17) is 14.2 Å². The van der Waals surface area contributed by atoms with Gasteiger partial charge in [0.15, 0.2) is 18.1 Å². The normalized spacial score (nSPS) is 10.1. The average molecular weight is 418 g/mol. The number of esters is 1. The van der Waals surface area contributed by atoms with Gasteiger partial charge in [-0.2, -0.15) is 0 Å². The third-order valence-electron chi connectivity index (χ3n) is 3.65. The van der Waals surface area contributed by atoms with Gasteiger partial charge >= 0.3 is 12.0 Å². The Bertz CT molecular complexity index is 903. The largest absolute Gasteiger partial charge is 0.490 e. The molecule has 0 saturated carbocycles. The zero-order valence-electron chi connectivity index (χ0n) is 16.7. The second kappa shape index (κ2) is 11.4. The molecule has 0 aliphatic heterocycles. The summed E-state index contributed by atoms with van der Waals surface area (Å²) in [6, 6.07) is 9.06. The van der Waals surface area contributed by atoms with Crippen LogP contribution in [0.3, 0.4) is 0 Å². The highest BCUT2D eigenvalue weighted by Gasteiger charge is 2.16. The molecule has 0 unspecified atom stereocenters. The number of urea groups is 1. The molecule has 2 aromatic rings. The van der Waals surface area contributed by atoms with E-state index < -0.39 is 30.3 Å². The van der Waals surface area contributed by atoms with Crippen LogP contribution >= 0.6 is 0 Å². The van der Waals surface area contributed by atoms with Gasteiger partial charge in [0.05, 0.1) is 24.5 Å². The third-order valence-corrected chi connectivity index (χ3v) is 3.65. The van der Waals surface area contributed by atoms with Crippen molar-refractivity contribution in [2.24, 2.45) is 0 Å². The van der Waals surface area contributed by atoms with E-state index >= 15 is 0 Å². The van der Waals surface area contributed by atoms with Crippen molar-refractivity contribution in [2.45, 2.75) is 20.3 Å². The maximum absolute atomic E-state index is 13.5. The Kier molecular flexibility index (Phi) is 8.61. The Morgan fingerprint density at radius 1 is 1.00 bits per heavy atom. The molecule has 0 spiro atoms. The van der Waals surface area contributed by atoms with Gasteiger partial charge < -0.3 is 19.5 Å². The first-order valence-electron chi connectivity index (χ1n) is 9.36. The predicted octanol–water partition coefficient (Wildman–Crippen LogP) is 3.52. The number of nitrogens with one attached hydrogen (secondary N) is 2. The number of anilines is 1. The Morgan fingerprint density at radius 2 is 1.77 bits per heavy atom. The number of para-hydroxylation sites is 1. The molecule has 2 aromatic carbocycles. The SMILES string of the molecule is CCCOc1ccc(C(=O)OCC(=O)NC(=O)Nc2ccccc2F)cc1OCC. The molecule has 160 valence electrons. The smallest absolute Gasteiger partial charge is 0.338 e. The van der Waals surface area contributed by atoms with Gasteiger partial charge in [-0.25, -0.2) is 14.0 Å². The van der Waals surface area contributed by atoms with Crippen LogP contribution < -0.4 is 20.1 Å².